The highest BCUT2D eigenvalue weighted by molar-refractivity contribution is 7.99. The monoisotopic (exact) mass is 412 g/mol. The average Bonchev–Trinajstić information content (AvgIpc) is 2.69. The number of thioether (sulfide) groups is 1. The second-order valence-corrected chi connectivity index (χ2v) is 7.42. The minimum absolute atomic E-state index is 0.0994. The van der Waals surface area contributed by atoms with Crippen molar-refractivity contribution < 1.29 is 4.79 Å². The molecule has 0 aliphatic heterocycles. The van der Waals surface area contributed by atoms with E-state index in [9.17, 15) is 9.59 Å². The summed E-state index contributed by atoms with van der Waals surface area (Å²) >= 11 is 7.23. The van der Waals surface area contributed by atoms with Crippen molar-refractivity contribution in [2.45, 2.75) is 25.0 Å². The topological polar surface area (TPSA) is 87.8 Å². The first-order valence-electron chi connectivity index (χ1n) is 8.64. The van der Waals surface area contributed by atoms with Gasteiger partial charge in [-0.15, -0.1) is 0 Å². The van der Waals surface area contributed by atoms with E-state index < -0.39 is 0 Å². The minimum Gasteiger partial charge on any atom is -0.325 e. The Morgan fingerprint density at radius 3 is 2.71 bits per heavy atom. The standard InChI is InChI=1S/C20H17ClN4O2S/c1-2-9-25-19(27)16-8-5-14(21)10-17(16)24-20(25)28-12-18(26)23-15-6-3-13(11-22)4-7-15/h3-8,10H,2,9,12H2,1H3,(H,23,26). The molecule has 3 rings (SSSR count). The summed E-state index contributed by atoms with van der Waals surface area (Å²) in [6.45, 7) is 2.49. The quantitative estimate of drug-likeness (QED) is 0.487. The SMILES string of the molecule is CCCn1c(SCC(=O)Nc2ccc(C#N)cc2)nc2cc(Cl)ccc2c1=O. The third kappa shape index (κ3) is 4.53. The van der Waals surface area contributed by atoms with Gasteiger partial charge in [0.15, 0.2) is 5.16 Å². The summed E-state index contributed by atoms with van der Waals surface area (Å²) in [6.07, 6.45) is 0.770. The summed E-state index contributed by atoms with van der Waals surface area (Å²) in [5.41, 5.74) is 1.50. The van der Waals surface area contributed by atoms with Crippen molar-refractivity contribution in [3.8, 4) is 6.07 Å². The predicted octanol–water partition coefficient (Wildman–Crippen LogP) is 4.06. The van der Waals surface area contributed by atoms with E-state index in [1.54, 1.807) is 47.0 Å². The average molecular weight is 413 g/mol. The zero-order chi connectivity index (χ0) is 20.1. The fraction of sp³-hybridized carbons (Fsp3) is 0.200. The van der Waals surface area contributed by atoms with Crippen LogP contribution in [-0.4, -0.2) is 21.2 Å². The zero-order valence-corrected chi connectivity index (χ0v) is 16.7. The van der Waals surface area contributed by atoms with E-state index in [-0.39, 0.29) is 17.2 Å². The van der Waals surface area contributed by atoms with E-state index in [1.165, 1.54) is 11.8 Å². The molecule has 2 aromatic carbocycles. The number of rotatable bonds is 6. The van der Waals surface area contributed by atoms with Crippen LogP contribution in [0.3, 0.4) is 0 Å². The first-order chi connectivity index (χ1) is 13.5. The number of aromatic nitrogens is 2. The highest BCUT2D eigenvalue weighted by Crippen LogP contribution is 2.21. The van der Waals surface area contributed by atoms with Gasteiger partial charge in [0.25, 0.3) is 5.56 Å². The van der Waals surface area contributed by atoms with Crippen molar-refractivity contribution in [2.75, 3.05) is 11.1 Å². The van der Waals surface area contributed by atoms with Crippen LogP contribution in [0.25, 0.3) is 10.9 Å². The first kappa shape index (κ1) is 19.9. The molecule has 0 spiro atoms. The van der Waals surface area contributed by atoms with Gasteiger partial charge in [0, 0.05) is 17.3 Å². The van der Waals surface area contributed by atoms with Gasteiger partial charge in [0.1, 0.15) is 0 Å². The molecule has 1 N–H and O–H groups in total. The molecule has 1 amide bonds. The lowest BCUT2D eigenvalue weighted by Crippen LogP contribution is -2.24. The minimum atomic E-state index is -0.224. The number of halogens is 1. The molecule has 28 heavy (non-hydrogen) atoms. The van der Waals surface area contributed by atoms with Crippen LogP contribution in [0.1, 0.15) is 18.9 Å². The second-order valence-electron chi connectivity index (χ2n) is 6.04. The maximum Gasteiger partial charge on any atom is 0.262 e. The molecule has 0 aliphatic carbocycles. The Morgan fingerprint density at radius 2 is 2.04 bits per heavy atom. The van der Waals surface area contributed by atoms with Crippen molar-refractivity contribution in [2.24, 2.45) is 0 Å². The van der Waals surface area contributed by atoms with E-state index in [0.29, 0.717) is 38.9 Å². The van der Waals surface area contributed by atoms with Crippen LogP contribution in [0.15, 0.2) is 52.4 Å². The van der Waals surface area contributed by atoms with Gasteiger partial charge in [-0.05, 0) is 48.9 Å². The molecule has 0 atom stereocenters. The molecule has 0 saturated heterocycles. The number of anilines is 1. The second kappa shape index (κ2) is 8.91. The van der Waals surface area contributed by atoms with Gasteiger partial charge >= 0.3 is 0 Å². The molecule has 1 aromatic heterocycles. The molecule has 0 unspecified atom stereocenters. The number of carbonyl (C=O) groups excluding carboxylic acids is 1. The van der Waals surface area contributed by atoms with Gasteiger partial charge in [-0.25, -0.2) is 4.98 Å². The van der Waals surface area contributed by atoms with E-state index >= 15 is 0 Å². The number of amides is 1. The maximum atomic E-state index is 12.8. The van der Waals surface area contributed by atoms with Crippen LogP contribution in [0.2, 0.25) is 5.02 Å². The molecule has 8 heteroatoms. The Kier molecular flexibility index (Phi) is 6.34. The van der Waals surface area contributed by atoms with Crippen LogP contribution in [0.5, 0.6) is 0 Å². The Bertz CT molecular complexity index is 1120. The summed E-state index contributed by atoms with van der Waals surface area (Å²) in [7, 11) is 0. The van der Waals surface area contributed by atoms with E-state index in [1.807, 2.05) is 13.0 Å². The summed E-state index contributed by atoms with van der Waals surface area (Å²) in [5, 5.41) is 13.1. The number of nitrogens with one attached hydrogen (secondary N) is 1. The summed E-state index contributed by atoms with van der Waals surface area (Å²) < 4.78 is 1.59. The highest BCUT2D eigenvalue weighted by atomic mass is 35.5. The number of fused-ring (bicyclic) bond motifs is 1. The molecule has 0 saturated carbocycles. The highest BCUT2D eigenvalue weighted by Gasteiger charge is 2.13. The van der Waals surface area contributed by atoms with Crippen molar-refractivity contribution >= 4 is 45.9 Å². The van der Waals surface area contributed by atoms with Crippen LogP contribution in [0, 0.1) is 11.3 Å². The lowest BCUT2D eigenvalue weighted by Gasteiger charge is -2.12. The summed E-state index contributed by atoms with van der Waals surface area (Å²) in [5.74, 6) is -0.124. The molecule has 0 radical (unpaired) electrons. The number of nitrogens with zero attached hydrogens (tertiary/aromatic N) is 3. The molecule has 1 heterocycles. The normalized spacial score (nSPS) is 10.6. The number of benzene rings is 2. The van der Waals surface area contributed by atoms with Gasteiger partial charge in [0.05, 0.1) is 28.3 Å². The number of carbonyl (C=O) groups is 1. The Balaban J connectivity index is 1.80. The summed E-state index contributed by atoms with van der Waals surface area (Å²) in [6, 6.07) is 13.6. The fourth-order valence-electron chi connectivity index (χ4n) is 2.66. The largest absolute Gasteiger partial charge is 0.325 e. The summed E-state index contributed by atoms with van der Waals surface area (Å²) in [4.78, 5) is 29.6. The van der Waals surface area contributed by atoms with Gasteiger partial charge in [-0.2, -0.15) is 5.26 Å². The Hall–Kier alpha value is -2.82. The lowest BCUT2D eigenvalue weighted by molar-refractivity contribution is -0.113. The number of nitriles is 1. The molecule has 0 aliphatic rings. The molecular weight excluding hydrogens is 396 g/mol. The molecule has 6 nitrogen and oxygen atoms in total. The Morgan fingerprint density at radius 1 is 1.29 bits per heavy atom. The third-order valence-electron chi connectivity index (χ3n) is 3.96. The van der Waals surface area contributed by atoms with Crippen LogP contribution in [-0.2, 0) is 11.3 Å². The van der Waals surface area contributed by atoms with Crippen LogP contribution in [0.4, 0.5) is 5.69 Å². The lowest BCUT2D eigenvalue weighted by atomic mass is 10.2. The zero-order valence-electron chi connectivity index (χ0n) is 15.1. The van der Waals surface area contributed by atoms with Gasteiger partial charge in [-0.3, -0.25) is 14.2 Å². The van der Waals surface area contributed by atoms with E-state index in [4.69, 9.17) is 16.9 Å². The van der Waals surface area contributed by atoms with Gasteiger partial charge in [-0.1, -0.05) is 30.3 Å². The van der Waals surface area contributed by atoms with Gasteiger partial charge < -0.3 is 5.32 Å². The molecule has 0 bridgehead atoms. The molecule has 0 fully saturated rings. The van der Waals surface area contributed by atoms with Crippen molar-refractivity contribution in [3.63, 3.8) is 0 Å². The smallest absolute Gasteiger partial charge is 0.262 e. The van der Waals surface area contributed by atoms with Crippen LogP contribution < -0.4 is 10.9 Å². The maximum absolute atomic E-state index is 12.8. The van der Waals surface area contributed by atoms with Crippen molar-refractivity contribution in [1.82, 2.24) is 9.55 Å². The van der Waals surface area contributed by atoms with Crippen molar-refractivity contribution in [3.05, 3.63) is 63.4 Å². The van der Waals surface area contributed by atoms with Gasteiger partial charge in [0.2, 0.25) is 5.91 Å². The van der Waals surface area contributed by atoms with E-state index in [0.717, 1.165) is 6.42 Å². The van der Waals surface area contributed by atoms with Crippen LogP contribution >= 0.6 is 23.4 Å². The molecule has 3 aromatic rings. The molecular formula is C20H17ClN4O2S. The van der Waals surface area contributed by atoms with Crippen molar-refractivity contribution in [1.29, 1.82) is 5.26 Å². The van der Waals surface area contributed by atoms with E-state index in [2.05, 4.69) is 10.3 Å². The first-order valence-corrected chi connectivity index (χ1v) is 10.0. The third-order valence-corrected chi connectivity index (χ3v) is 5.17. The Labute approximate surface area is 171 Å². The number of hydrogen-bond donors (Lipinski definition) is 1. The number of hydrogen-bond acceptors (Lipinski definition) is 5. The predicted molar refractivity (Wildman–Crippen MR) is 112 cm³/mol. The fourth-order valence-corrected chi connectivity index (χ4v) is 3.65. The molecule has 142 valence electrons.